The number of aliphatic carboxylic acids is 1. The van der Waals surface area contributed by atoms with E-state index in [4.69, 9.17) is 4.98 Å². The van der Waals surface area contributed by atoms with E-state index < -0.39 is 23.6 Å². The number of anilines is 1. The van der Waals surface area contributed by atoms with E-state index in [1.807, 2.05) is 0 Å². The molecule has 2 aliphatic rings. The summed E-state index contributed by atoms with van der Waals surface area (Å²) in [4.78, 5) is 18.1. The van der Waals surface area contributed by atoms with E-state index in [-0.39, 0.29) is 6.42 Å². The summed E-state index contributed by atoms with van der Waals surface area (Å²) in [5, 5.41) is 12.6. The second-order valence-electron chi connectivity index (χ2n) is 8.69. The third kappa shape index (κ3) is 5.39. The number of carboxylic acid groups (broad SMARTS) is 1. The highest BCUT2D eigenvalue weighted by Crippen LogP contribution is 2.34. The molecular formula is C24H29F2N3O2. The molecular weight excluding hydrogens is 400 g/mol. The first-order valence-corrected chi connectivity index (χ1v) is 11.1. The summed E-state index contributed by atoms with van der Waals surface area (Å²) in [6.45, 7) is 2.57. The predicted molar refractivity (Wildman–Crippen MR) is 115 cm³/mol. The van der Waals surface area contributed by atoms with Crippen molar-refractivity contribution in [2.75, 3.05) is 25.0 Å². The normalized spacial score (nSPS) is 17.5. The van der Waals surface area contributed by atoms with E-state index in [0.717, 1.165) is 81.8 Å². The zero-order chi connectivity index (χ0) is 21.8. The monoisotopic (exact) mass is 429 g/mol. The summed E-state index contributed by atoms with van der Waals surface area (Å²) in [6, 6.07) is 7.58. The topological polar surface area (TPSA) is 65.5 Å². The highest BCUT2D eigenvalue weighted by atomic mass is 19.2. The molecule has 1 fully saturated rings. The van der Waals surface area contributed by atoms with Crippen LogP contribution in [0.2, 0.25) is 0 Å². The van der Waals surface area contributed by atoms with Crippen LogP contribution < -0.4 is 5.32 Å². The van der Waals surface area contributed by atoms with Crippen LogP contribution in [0.4, 0.5) is 14.6 Å². The minimum atomic E-state index is -0.940. The van der Waals surface area contributed by atoms with E-state index in [9.17, 15) is 18.7 Å². The minimum Gasteiger partial charge on any atom is -0.481 e. The summed E-state index contributed by atoms with van der Waals surface area (Å²) in [6.07, 6.45) is 6.36. The van der Waals surface area contributed by atoms with Gasteiger partial charge in [0.1, 0.15) is 5.82 Å². The number of nitrogens with one attached hydrogen (secondary N) is 1. The van der Waals surface area contributed by atoms with Crippen molar-refractivity contribution in [2.45, 2.75) is 51.0 Å². The molecule has 166 valence electrons. The highest BCUT2D eigenvalue weighted by Gasteiger charge is 2.34. The fourth-order valence-corrected chi connectivity index (χ4v) is 4.64. The van der Waals surface area contributed by atoms with Gasteiger partial charge in [-0.15, -0.1) is 0 Å². The van der Waals surface area contributed by atoms with Gasteiger partial charge in [-0.3, -0.25) is 9.69 Å². The molecule has 0 radical (unpaired) electrons. The van der Waals surface area contributed by atoms with Crippen LogP contribution in [0.5, 0.6) is 0 Å². The Kier molecular flexibility index (Phi) is 6.80. The van der Waals surface area contributed by atoms with Crippen LogP contribution in [0.1, 0.15) is 55.0 Å². The van der Waals surface area contributed by atoms with E-state index in [1.165, 1.54) is 11.6 Å². The van der Waals surface area contributed by atoms with Gasteiger partial charge >= 0.3 is 5.97 Å². The lowest BCUT2D eigenvalue weighted by Crippen LogP contribution is -2.48. The van der Waals surface area contributed by atoms with Crippen molar-refractivity contribution in [2.24, 2.45) is 5.92 Å². The molecule has 4 rings (SSSR count). The summed E-state index contributed by atoms with van der Waals surface area (Å²) >= 11 is 0. The lowest BCUT2D eigenvalue weighted by molar-refractivity contribution is -0.139. The maximum Gasteiger partial charge on any atom is 0.305 e. The first-order chi connectivity index (χ1) is 15.0. The molecule has 2 aliphatic heterocycles. The number of nitrogens with zero attached hydrogens (tertiary/aromatic N) is 2. The van der Waals surface area contributed by atoms with E-state index in [1.54, 1.807) is 0 Å². The lowest BCUT2D eigenvalue weighted by Gasteiger charge is -2.44. The third-order valence-corrected chi connectivity index (χ3v) is 6.37. The summed E-state index contributed by atoms with van der Waals surface area (Å²) in [5.41, 5.74) is 2.96. The van der Waals surface area contributed by atoms with Crippen molar-refractivity contribution in [3.63, 3.8) is 0 Å². The summed E-state index contributed by atoms with van der Waals surface area (Å²) in [5.74, 6) is -1.23. The molecule has 1 aromatic heterocycles. The number of halogens is 2. The first kappa shape index (κ1) is 21.7. The van der Waals surface area contributed by atoms with Crippen LogP contribution in [0, 0.1) is 17.6 Å². The van der Waals surface area contributed by atoms with E-state index in [2.05, 4.69) is 22.3 Å². The van der Waals surface area contributed by atoms with Crippen molar-refractivity contribution < 1.29 is 18.7 Å². The van der Waals surface area contributed by atoms with Gasteiger partial charge in [-0.1, -0.05) is 18.6 Å². The minimum absolute atomic E-state index is 0.115. The lowest BCUT2D eigenvalue weighted by atomic mass is 9.89. The molecule has 0 aliphatic carbocycles. The van der Waals surface area contributed by atoms with Crippen LogP contribution in [0.3, 0.4) is 0 Å². The van der Waals surface area contributed by atoms with Gasteiger partial charge in [-0.25, -0.2) is 13.8 Å². The molecule has 2 N–H and O–H groups in total. The van der Waals surface area contributed by atoms with Gasteiger partial charge in [-0.2, -0.15) is 0 Å². The Morgan fingerprint density at radius 3 is 2.81 bits per heavy atom. The number of unbranched alkanes of at least 4 members (excludes halogenated alkanes) is 1. The molecule has 7 heteroatoms. The molecule has 2 aromatic rings. The molecule has 5 nitrogen and oxygen atoms in total. The predicted octanol–water partition coefficient (Wildman–Crippen LogP) is 4.58. The molecule has 31 heavy (non-hydrogen) atoms. The molecule has 0 spiro atoms. The highest BCUT2D eigenvalue weighted by molar-refractivity contribution is 5.68. The number of aryl methyl sites for hydroxylation is 2. The van der Waals surface area contributed by atoms with E-state index >= 15 is 0 Å². The number of likely N-dealkylation sites (tertiary alicyclic amines) is 1. The average molecular weight is 430 g/mol. The number of benzene rings is 1. The fraction of sp³-hybridized carbons (Fsp3) is 0.500. The van der Waals surface area contributed by atoms with Gasteiger partial charge in [-0.05, 0) is 67.3 Å². The second kappa shape index (κ2) is 9.73. The van der Waals surface area contributed by atoms with Gasteiger partial charge in [0, 0.05) is 31.4 Å². The molecule has 1 saturated heterocycles. The van der Waals surface area contributed by atoms with Crippen molar-refractivity contribution in [1.82, 2.24) is 9.88 Å². The van der Waals surface area contributed by atoms with Crippen LogP contribution in [0.15, 0.2) is 30.3 Å². The molecule has 1 aromatic carbocycles. The van der Waals surface area contributed by atoms with Crippen LogP contribution in [0.25, 0.3) is 0 Å². The zero-order valence-electron chi connectivity index (χ0n) is 17.6. The molecule has 0 bridgehead atoms. The molecule has 1 atom stereocenters. The number of pyridine rings is 1. The fourth-order valence-electron chi connectivity index (χ4n) is 4.64. The zero-order valence-corrected chi connectivity index (χ0v) is 17.6. The van der Waals surface area contributed by atoms with Gasteiger partial charge in [0.25, 0.3) is 0 Å². The summed E-state index contributed by atoms with van der Waals surface area (Å²) in [7, 11) is 0. The Balaban J connectivity index is 1.23. The number of aromatic nitrogens is 1. The number of carboxylic acids is 1. The Morgan fingerprint density at radius 1 is 1.19 bits per heavy atom. The smallest absolute Gasteiger partial charge is 0.305 e. The van der Waals surface area contributed by atoms with Crippen molar-refractivity contribution in [3.05, 3.63) is 58.8 Å². The quantitative estimate of drug-likeness (QED) is 0.572. The largest absolute Gasteiger partial charge is 0.481 e. The van der Waals surface area contributed by atoms with Gasteiger partial charge in [0.15, 0.2) is 11.6 Å². The first-order valence-electron chi connectivity index (χ1n) is 11.1. The van der Waals surface area contributed by atoms with Gasteiger partial charge < -0.3 is 10.4 Å². The Labute approximate surface area is 181 Å². The number of carbonyl (C=O) groups is 1. The van der Waals surface area contributed by atoms with E-state index in [0.29, 0.717) is 11.5 Å². The standard InChI is InChI=1S/C24H29F2N3O2/c25-20-10-8-18(12-21(20)26)22(13-23(30)31)29-14-16(15-29)4-1-2-6-19-9-7-17-5-3-11-27-24(17)28-19/h7-10,12,16,22H,1-6,11,13-15H2,(H,27,28)(H,30,31). The van der Waals surface area contributed by atoms with Gasteiger partial charge in [0.2, 0.25) is 0 Å². The SMILES string of the molecule is O=C(O)CC(c1ccc(F)c(F)c1)N1CC(CCCCc2ccc3c(n2)NCCC3)C1. The number of hydrogen-bond acceptors (Lipinski definition) is 4. The maximum absolute atomic E-state index is 13.6. The molecule has 0 amide bonds. The van der Waals surface area contributed by atoms with Crippen molar-refractivity contribution >= 4 is 11.8 Å². The Bertz CT molecular complexity index is 931. The maximum atomic E-state index is 13.6. The number of rotatable bonds is 9. The molecule has 1 unspecified atom stereocenters. The Hall–Kier alpha value is -2.54. The molecule has 0 saturated carbocycles. The number of fused-ring (bicyclic) bond motifs is 1. The molecule has 3 heterocycles. The van der Waals surface area contributed by atoms with Crippen molar-refractivity contribution in [1.29, 1.82) is 0 Å². The van der Waals surface area contributed by atoms with Crippen LogP contribution in [-0.2, 0) is 17.6 Å². The van der Waals surface area contributed by atoms with Crippen LogP contribution >= 0.6 is 0 Å². The Morgan fingerprint density at radius 2 is 2.03 bits per heavy atom. The second-order valence-corrected chi connectivity index (χ2v) is 8.69. The van der Waals surface area contributed by atoms with Crippen molar-refractivity contribution in [3.8, 4) is 0 Å². The number of hydrogen-bond donors (Lipinski definition) is 2. The van der Waals surface area contributed by atoms with Crippen LogP contribution in [-0.4, -0.2) is 40.6 Å². The van der Waals surface area contributed by atoms with Gasteiger partial charge in [0.05, 0.1) is 6.42 Å². The average Bonchev–Trinajstić information content (AvgIpc) is 2.73. The summed E-state index contributed by atoms with van der Waals surface area (Å²) < 4.78 is 26.9. The third-order valence-electron chi connectivity index (χ3n) is 6.37.